The number of nitrogens with one attached hydrogen (secondary N) is 1. The van der Waals surface area contributed by atoms with Gasteiger partial charge in [-0.15, -0.1) is 0 Å². The minimum absolute atomic E-state index is 0.303. The van der Waals surface area contributed by atoms with Crippen LogP contribution in [0.15, 0.2) is 24.3 Å². The van der Waals surface area contributed by atoms with Gasteiger partial charge < -0.3 is 14.8 Å². The second-order valence-electron chi connectivity index (χ2n) is 3.65. The van der Waals surface area contributed by atoms with Crippen molar-refractivity contribution >= 4 is 5.97 Å². The van der Waals surface area contributed by atoms with Gasteiger partial charge in [0, 0.05) is 5.56 Å². The van der Waals surface area contributed by atoms with Crippen molar-refractivity contribution in [2.24, 2.45) is 0 Å². The topological polar surface area (TPSA) is 47.6 Å². The molecule has 0 heterocycles. The van der Waals surface area contributed by atoms with Gasteiger partial charge in [0.25, 0.3) is 0 Å². The molecule has 0 aromatic heterocycles. The van der Waals surface area contributed by atoms with Gasteiger partial charge in [0.2, 0.25) is 0 Å². The first-order chi connectivity index (χ1) is 8.24. The van der Waals surface area contributed by atoms with Crippen molar-refractivity contribution < 1.29 is 14.3 Å². The van der Waals surface area contributed by atoms with Crippen LogP contribution in [0.1, 0.15) is 24.9 Å². The predicted octanol–water partition coefficient (Wildman–Crippen LogP) is 1.91. The van der Waals surface area contributed by atoms with Crippen molar-refractivity contribution in [1.29, 1.82) is 0 Å². The van der Waals surface area contributed by atoms with Gasteiger partial charge >= 0.3 is 5.97 Å². The number of ether oxygens (including phenoxy) is 2. The number of rotatable bonds is 6. The van der Waals surface area contributed by atoms with E-state index in [0.29, 0.717) is 5.75 Å². The number of methoxy groups -OCH3 is 2. The Morgan fingerprint density at radius 1 is 1.35 bits per heavy atom. The van der Waals surface area contributed by atoms with Crippen LogP contribution in [0.3, 0.4) is 0 Å². The maximum Gasteiger partial charge on any atom is 0.327 e. The second kappa shape index (κ2) is 6.91. The van der Waals surface area contributed by atoms with E-state index in [0.717, 1.165) is 18.5 Å². The normalized spacial score (nSPS) is 11.9. The third-order valence-corrected chi connectivity index (χ3v) is 2.49. The van der Waals surface area contributed by atoms with Crippen LogP contribution in [-0.4, -0.2) is 26.7 Å². The highest BCUT2D eigenvalue weighted by atomic mass is 16.5. The summed E-state index contributed by atoms with van der Waals surface area (Å²) in [7, 11) is 2.98. The number of hydrogen-bond donors (Lipinski definition) is 1. The van der Waals surface area contributed by atoms with E-state index in [1.54, 1.807) is 7.11 Å². The van der Waals surface area contributed by atoms with Crippen LogP contribution in [0.2, 0.25) is 0 Å². The van der Waals surface area contributed by atoms with Gasteiger partial charge in [-0.05, 0) is 19.0 Å². The molecule has 0 fully saturated rings. The van der Waals surface area contributed by atoms with E-state index in [1.807, 2.05) is 31.2 Å². The maximum absolute atomic E-state index is 11.7. The molecule has 1 rings (SSSR count). The Morgan fingerprint density at radius 2 is 2.06 bits per heavy atom. The smallest absolute Gasteiger partial charge is 0.327 e. The molecule has 0 aliphatic rings. The third-order valence-electron chi connectivity index (χ3n) is 2.49. The van der Waals surface area contributed by atoms with Crippen LogP contribution in [0.25, 0.3) is 0 Å². The van der Waals surface area contributed by atoms with Gasteiger partial charge in [0.15, 0.2) is 0 Å². The molecular formula is C13H19NO3. The lowest BCUT2D eigenvalue weighted by Crippen LogP contribution is -2.30. The average Bonchev–Trinajstić information content (AvgIpc) is 2.39. The average molecular weight is 237 g/mol. The second-order valence-corrected chi connectivity index (χ2v) is 3.65. The van der Waals surface area contributed by atoms with Crippen molar-refractivity contribution in [2.75, 3.05) is 20.8 Å². The molecule has 1 aromatic carbocycles. The molecule has 4 nitrogen and oxygen atoms in total. The number of para-hydroxylation sites is 1. The molecule has 17 heavy (non-hydrogen) atoms. The Kier molecular flexibility index (Phi) is 5.49. The summed E-state index contributed by atoms with van der Waals surface area (Å²) in [5.41, 5.74) is 0.801. The van der Waals surface area contributed by atoms with Crippen LogP contribution in [0, 0.1) is 0 Å². The van der Waals surface area contributed by atoms with Gasteiger partial charge in [0.1, 0.15) is 11.8 Å². The minimum atomic E-state index is -0.476. The summed E-state index contributed by atoms with van der Waals surface area (Å²) < 4.78 is 10.1. The molecule has 0 amide bonds. The fraction of sp³-hybridized carbons (Fsp3) is 0.462. The van der Waals surface area contributed by atoms with E-state index in [1.165, 1.54) is 7.11 Å². The van der Waals surface area contributed by atoms with Crippen molar-refractivity contribution in [3.8, 4) is 5.75 Å². The Hall–Kier alpha value is -1.55. The zero-order valence-electron chi connectivity index (χ0n) is 10.5. The van der Waals surface area contributed by atoms with Crippen LogP contribution in [-0.2, 0) is 9.53 Å². The molecule has 0 radical (unpaired) electrons. The molecule has 1 N–H and O–H groups in total. The molecular weight excluding hydrogens is 218 g/mol. The maximum atomic E-state index is 11.7. The number of esters is 1. The highest BCUT2D eigenvalue weighted by Gasteiger charge is 2.23. The van der Waals surface area contributed by atoms with Gasteiger partial charge in [-0.2, -0.15) is 0 Å². The lowest BCUT2D eigenvalue weighted by Gasteiger charge is -2.18. The van der Waals surface area contributed by atoms with Crippen molar-refractivity contribution in [3.63, 3.8) is 0 Å². The summed E-state index contributed by atoms with van der Waals surface area (Å²) in [6.45, 7) is 2.79. The Bertz CT molecular complexity index is 365. The first kappa shape index (κ1) is 13.5. The number of benzene rings is 1. The Morgan fingerprint density at radius 3 is 2.65 bits per heavy atom. The molecule has 0 saturated carbocycles. The van der Waals surface area contributed by atoms with E-state index in [4.69, 9.17) is 9.47 Å². The SMILES string of the molecule is CCCNC(C(=O)OC)c1ccccc1OC. The molecule has 94 valence electrons. The lowest BCUT2D eigenvalue weighted by atomic mass is 10.1. The Labute approximate surface area is 102 Å². The van der Waals surface area contributed by atoms with E-state index in [2.05, 4.69) is 5.32 Å². The lowest BCUT2D eigenvalue weighted by molar-refractivity contribution is -0.143. The van der Waals surface area contributed by atoms with E-state index in [-0.39, 0.29) is 5.97 Å². The first-order valence-corrected chi connectivity index (χ1v) is 5.68. The van der Waals surface area contributed by atoms with Crippen LogP contribution < -0.4 is 10.1 Å². The Balaban J connectivity index is 2.98. The van der Waals surface area contributed by atoms with Gasteiger partial charge in [0.05, 0.1) is 14.2 Å². The summed E-state index contributed by atoms with van der Waals surface area (Å²) in [6.07, 6.45) is 0.947. The quantitative estimate of drug-likeness (QED) is 0.768. The zero-order valence-corrected chi connectivity index (χ0v) is 10.5. The van der Waals surface area contributed by atoms with E-state index >= 15 is 0 Å². The molecule has 0 aliphatic carbocycles. The summed E-state index contributed by atoms with van der Waals surface area (Å²) in [6, 6.07) is 6.97. The standard InChI is InChI=1S/C13H19NO3/c1-4-9-14-12(13(15)17-3)10-7-5-6-8-11(10)16-2/h5-8,12,14H,4,9H2,1-3H3. The highest BCUT2D eigenvalue weighted by Crippen LogP contribution is 2.25. The molecule has 1 aromatic rings. The van der Waals surface area contributed by atoms with Gasteiger partial charge in [-0.25, -0.2) is 4.79 Å². The molecule has 4 heteroatoms. The number of carbonyl (C=O) groups excluding carboxylic acids is 1. The summed E-state index contributed by atoms with van der Waals surface area (Å²) in [4.78, 5) is 11.7. The largest absolute Gasteiger partial charge is 0.496 e. The zero-order chi connectivity index (χ0) is 12.7. The first-order valence-electron chi connectivity index (χ1n) is 5.68. The predicted molar refractivity (Wildman–Crippen MR) is 66.0 cm³/mol. The van der Waals surface area contributed by atoms with Crippen molar-refractivity contribution in [3.05, 3.63) is 29.8 Å². The van der Waals surface area contributed by atoms with Crippen LogP contribution >= 0.6 is 0 Å². The minimum Gasteiger partial charge on any atom is -0.496 e. The van der Waals surface area contributed by atoms with Crippen LogP contribution in [0.4, 0.5) is 0 Å². The van der Waals surface area contributed by atoms with E-state index < -0.39 is 6.04 Å². The molecule has 0 spiro atoms. The fourth-order valence-corrected chi connectivity index (χ4v) is 1.63. The fourth-order valence-electron chi connectivity index (χ4n) is 1.63. The number of hydrogen-bond acceptors (Lipinski definition) is 4. The van der Waals surface area contributed by atoms with Crippen LogP contribution in [0.5, 0.6) is 5.75 Å². The van der Waals surface area contributed by atoms with Crippen molar-refractivity contribution in [1.82, 2.24) is 5.32 Å². The molecule has 0 bridgehead atoms. The molecule has 0 saturated heterocycles. The highest BCUT2D eigenvalue weighted by molar-refractivity contribution is 5.78. The summed E-state index contributed by atoms with van der Waals surface area (Å²) >= 11 is 0. The monoisotopic (exact) mass is 237 g/mol. The molecule has 0 aliphatic heterocycles. The molecule has 1 atom stereocenters. The van der Waals surface area contributed by atoms with Gasteiger partial charge in [-0.1, -0.05) is 25.1 Å². The molecule has 1 unspecified atom stereocenters. The number of carbonyl (C=O) groups is 1. The van der Waals surface area contributed by atoms with Crippen molar-refractivity contribution in [2.45, 2.75) is 19.4 Å². The summed E-state index contributed by atoms with van der Waals surface area (Å²) in [5.74, 6) is 0.384. The van der Waals surface area contributed by atoms with Gasteiger partial charge in [-0.3, -0.25) is 0 Å². The van der Waals surface area contributed by atoms with E-state index in [9.17, 15) is 4.79 Å². The third kappa shape index (κ3) is 3.46. The summed E-state index contributed by atoms with van der Waals surface area (Å²) in [5, 5.41) is 3.16.